The van der Waals surface area contributed by atoms with E-state index in [1.165, 1.54) is 0 Å². The number of ether oxygens (including phenoxy) is 3. The molecule has 1 saturated heterocycles. The molecule has 1 unspecified atom stereocenters. The number of rotatable bonds is 7. The molecule has 6 nitrogen and oxygen atoms in total. The van der Waals surface area contributed by atoms with E-state index in [1.54, 1.807) is 24.3 Å². The molecule has 2 N–H and O–H groups in total. The summed E-state index contributed by atoms with van der Waals surface area (Å²) in [5.41, 5.74) is -0.950. The first-order valence-corrected chi connectivity index (χ1v) is 7.04. The van der Waals surface area contributed by atoms with E-state index in [0.717, 1.165) is 5.75 Å². The zero-order chi connectivity index (χ0) is 15.1. The lowest BCUT2D eigenvalue weighted by atomic mass is 10.0. The lowest BCUT2D eigenvalue weighted by molar-refractivity contribution is -0.124. The lowest BCUT2D eigenvalue weighted by Crippen LogP contribution is -2.44. The summed E-state index contributed by atoms with van der Waals surface area (Å²) < 4.78 is 15.8. The Morgan fingerprint density at radius 2 is 2.00 bits per heavy atom. The van der Waals surface area contributed by atoms with E-state index in [0.29, 0.717) is 25.4 Å². The highest BCUT2D eigenvalue weighted by Crippen LogP contribution is 2.18. The molecule has 2 rings (SSSR count). The first kappa shape index (κ1) is 15.6. The number of hydrogen-bond acceptors (Lipinski definition) is 5. The van der Waals surface area contributed by atoms with Gasteiger partial charge >= 0.3 is 0 Å². The fraction of sp³-hybridized carbons (Fsp3) is 0.533. The molecule has 1 heterocycles. The summed E-state index contributed by atoms with van der Waals surface area (Å²) in [6, 6.07) is 7.07. The molecule has 0 aromatic heterocycles. The van der Waals surface area contributed by atoms with E-state index >= 15 is 0 Å². The van der Waals surface area contributed by atoms with Crippen molar-refractivity contribution < 1.29 is 24.1 Å². The minimum absolute atomic E-state index is 0.0923. The minimum Gasteiger partial charge on any atom is -0.494 e. The number of carbonyl (C=O) groups excluding carboxylic acids is 1. The summed E-state index contributed by atoms with van der Waals surface area (Å²) >= 11 is 0. The van der Waals surface area contributed by atoms with Crippen LogP contribution >= 0.6 is 0 Å². The Morgan fingerprint density at radius 1 is 1.33 bits per heavy atom. The molecule has 0 saturated carbocycles. The molecule has 1 fully saturated rings. The summed E-state index contributed by atoms with van der Waals surface area (Å²) in [6.45, 7) is 3.39. The van der Waals surface area contributed by atoms with Gasteiger partial charge in [0.05, 0.1) is 13.2 Å². The third kappa shape index (κ3) is 4.91. The van der Waals surface area contributed by atoms with Gasteiger partial charge in [-0.2, -0.15) is 0 Å². The highest BCUT2D eigenvalue weighted by Gasteiger charge is 2.32. The second kappa shape index (κ2) is 7.28. The molecule has 1 aromatic rings. The molecular formula is C15H21NO5. The quantitative estimate of drug-likeness (QED) is 0.775. The number of hydrogen-bond donors (Lipinski definition) is 2. The summed E-state index contributed by atoms with van der Waals surface area (Å²) in [4.78, 5) is 11.7. The number of benzene rings is 1. The van der Waals surface area contributed by atoms with Crippen molar-refractivity contribution in [2.75, 3.05) is 33.0 Å². The van der Waals surface area contributed by atoms with Crippen LogP contribution in [0.5, 0.6) is 11.5 Å². The maximum absolute atomic E-state index is 11.7. The molecule has 116 valence electrons. The van der Waals surface area contributed by atoms with Gasteiger partial charge in [-0.05, 0) is 31.2 Å². The maximum atomic E-state index is 11.7. The zero-order valence-corrected chi connectivity index (χ0v) is 12.1. The molecule has 0 spiro atoms. The largest absolute Gasteiger partial charge is 0.494 e. The maximum Gasteiger partial charge on any atom is 0.258 e. The van der Waals surface area contributed by atoms with E-state index in [1.807, 2.05) is 6.92 Å². The first-order valence-electron chi connectivity index (χ1n) is 7.04. The first-order chi connectivity index (χ1) is 10.1. The van der Waals surface area contributed by atoms with Crippen LogP contribution in [0.1, 0.15) is 13.3 Å². The van der Waals surface area contributed by atoms with Crippen molar-refractivity contribution in [2.24, 2.45) is 0 Å². The van der Waals surface area contributed by atoms with Crippen molar-refractivity contribution in [3.63, 3.8) is 0 Å². The van der Waals surface area contributed by atoms with Crippen molar-refractivity contribution in [1.82, 2.24) is 5.32 Å². The zero-order valence-electron chi connectivity index (χ0n) is 12.1. The van der Waals surface area contributed by atoms with Crippen LogP contribution in [0.25, 0.3) is 0 Å². The highest BCUT2D eigenvalue weighted by molar-refractivity contribution is 5.77. The third-order valence-corrected chi connectivity index (χ3v) is 3.20. The van der Waals surface area contributed by atoms with E-state index in [4.69, 9.17) is 14.2 Å². The number of amides is 1. The minimum atomic E-state index is -0.950. The Hall–Kier alpha value is -1.79. The van der Waals surface area contributed by atoms with Crippen molar-refractivity contribution >= 4 is 5.91 Å². The Bertz CT molecular complexity index is 454. The molecule has 1 amide bonds. The predicted octanol–water partition coefficient (Wildman–Crippen LogP) is 0.732. The van der Waals surface area contributed by atoms with Gasteiger partial charge in [0.1, 0.15) is 17.1 Å². The second-order valence-corrected chi connectivity index (χ2v) is 5.00. The molecule has 6 heteroatoms. The van der Waals surface area contributed by atoms with Gasteiger partial charge in [0, 0.05) is 19.6 Å². The van der Waals surface area contributed by atoms with Gasteiger partial charge < -0.3 is 24.6 Å². The van der Waals surface area contributed by atoms with Gasteiger partial charge in [-0.25, -0.2) is 0 Å². The molecule has 1 aliphatic heterocycles. The molecule has 1 aromatic carbocycles. The molecule has 1 aliphatic rings. The molecular weight excluding hydrogens is 274 g/mol. The van der Waals surface area contributed by atoms with E-state index in [9.17, 15) is 9.90 Å². The van der Waals surface area contributed by atoms with Crippen LogP contribution in [-0.4, -0.2) is 49.6 Å². The average molecular weight is 295 g/mol. The predicted molar refractivity (Wildman–Crippen MR) is 76.5 cm³/mol. The topological polar surface area (TPSA) is 77.0 Å². The normalized spacial score (nSPS) is 21.0. The second-order valence-electron chi connectivity index (χ2n) is 5.00. The van der Waals surface area contributed by atoms with Crippen molar-refractivity contribution in [2.45, 2.75) is 18.9 Å². The fourth-order valence-electron chi connectivity index (χ4n) is 2.00. The Kier molecular flexibility index (Phi) is 5.41. The molecule has 0 radical (unpaired) electrons. The fourth-order valence-corrected chi connectivity index (χ4v) is 2.00. The van der Waals surface area contributed by atoms with Gasteiger partial charge in [-0.15, -0.1) is 0 Å². The van der Waals surface area contributed by atoms with Crippen LogP contribution in [0.3, 0.4) is 0 Å². The summed E-state index contributed by atoms with van der Waals surface area (Å²) in [5, 5.41) is 12.7. The van der Waals surface area contributed by atoms with Crippen molar-refractivity contribution in [1.29, 1.82) is 0 Å². The van der Waals surface area contributed by atoms with Crippen LogP contribution in [0.15, 0.2) is 24.3 Å². The van der Waals surface area contributed by atoms with E-state index < -0.39 is 5.60 Å². The number of carbonyl (C=O) groups is 1. The Morgan fingerprint density at radius 3 is 2.57 bits per heavy atom. The van der Waals surface area contributed by atoms with Gasteiger partial charge in [0.25, 0.3) is 5.91 Å². The summed E-state index contributed by atoms with van der Waals surface area (Å²) in [7, 11) is 0. The van der Waals surface area contributed by atoms with Gasteiger partial charge in [-0.3, -0.25) is 4.79 Å². The average Bonchev–Trinajstić information content (AvgIpc) is 2.92. The third-order valence-electron chi connectivity index (χ3n) is 3.20. The molecule has 0 aliphatic carbocycles. The number of nitrogens with one attached hydrogen (secondary N) is 1. The SMILES string of the molecule is CCOc1ccc(OCC(=O)NCC2(O)CCOC2)cc1. The van der Waals surface area contributed by atoms with Crippen LogP contribution in [-0.2, 0) is 9.53 Å². The highest BCUT2D eigenvalue weighted by atomic mass is 16.5. The van der Waals surface area contributed by atoms with Crippen LogP contribution in [0.2, 0.25) is 0 Å². The van der Waals surface area contributed by atoms with Gasteiger partial charge in [-0.1, -0.05) is 0 Å². The lowest BCUT2D eigenvalue weighted by Gasteiger charge is -2.20. The monoisotopic (exact) mass is 295 g/mol. The van der Waals surface area contributed by atoms with Gasteiger partial charge in [0.15, 0.2) is 6.61 Å². The Labute approximate surface area is 124 Å². The molecule has 0 bridgehead atoms. The van der Waals surface area contributed by atoms with Gasteiger partial charge in [0.2, 0.25) is 0 Å². The smallest absolute Gasteiger partial charge is 0.258 e. The standard InChI is InChI=1S/C15H21NO5/c1-2-20-12-3-5-13(6-4-12)21-9-14(17)16-10-15(18)7-8-19-11-15/h3-6,18H,2,7-11H2,1H3,(H,16,17). The molecule has 21 heavy (non-hydrogen) atoms. The van der Waals surface area contributed by atoms with Crippen molar-refractivity contribution in [3.8, 4) is 11.5 Å². The van der Waals surface area contributed by atoms with E-state index in [2.05, 4.69) is 5.32 Å². The van der Waals surface area contributed by atoms with Crippen LogP contribution in [0.4, 0.5) is 0 Å². The van der Waals surface area contributed by atoms with Crippen LogP contribution < -0.4 is 14.8 Å². The van der Waals surface area contributed by atoms with E-state index in [-0.39, 0.29) is 25.7 Å². The van der Waals surface area contributed by atoms with Crippen molar-refractivity contribution in [3.05, 3.63) is 24.3 Å². The Balaban J connectivity index is 1.70. The van der Waals surface area contributed by atoms with Crippen LogP contribution in [0, 0.1) is 0 Å². The molecule has 1 atom stereocenters. The summed E-state index contributed by atoms with van der Waals surface area (Å²) in [6.07, 6.45) is 0.535. The summed E-state index contributed by atoms with van der Waals surface area (Å²) in [5.74, 6) is 1.08. The number of aliphatic hydroxyl groups is 1.